The zero-order chi connectivity index (χ0) is 18.4. The standard InChI is InChI=1S/C19H20N4O3.CH4/c1-6-24-19-20-15-8-13(16-9(2)22-25-11(16)4)7-14(18(15)21-19)17-10(3)23-26-12(17)5;/h7-8H,6H2,1-5H3,(H,20,21);1H4. The van der Waals surface area contributed by atoms with Crippen LogP contribution in [0.25, 0.3) is 33.3 Å². The fourth-order valence-corrected chi connectivity index (χ4v) is 3.40. The Morgan fingerprint density at radius 3 is 2.15 bits per heavy atom. The minimum Gasteiger partial charge on any atom is -0.465 e. The second-order valence-electron chi connectivity index (χ2n) is 6.29. The van der Waals surface area contributed by atoms with Crippen LogP contribution >= 0.6 is 0 Å². The van der Waals surface area contributed by atoms with Crippen LogP contribution in [0.5, 0.6) is 6.01 Å². The third-order valence-electron chi connectivity index (χ3n) is 4.47. The molecule has 0 aliphatic rings. The van der Waals surface area contributed by atoms with Gasteiger partial charge in [0, 0.05) is 16.7 Å². The molecule has 0 aliphatic carbocycles. The van der Waals surface area contributed by atoms with E-state index < -0.39 is 0 Å². The summed E-state index contributed by atoms with van der Waals surface area (Å²) >= 11 is 0. The van der Waals surface area contributed by atoms with Crippen molar-refractivity contribution in [3.8, 4) is 28.3 Å². The van der Waals surface area contributed by atoms with Gasteiger partial charge in [-0.05, 0) is 52.3 Å². The number of aromatic amines is 1. The summed E-state index contributed by atoms with van der Waals surface area (Å²) in [5.41, 5.74) is 7.22. The van der Waals surface area contributed by atoms with Crippen LogP contribution in [0.1, 0.15) is 37.3 Å². The van der Waals surface area contributed by atoms with E-state index in [1.807, 2.05) is 40.7 Å². The van der Waals surface area contributed by atoms with Crippen LogP contribution in [0.2, 0.25) is 0 Å². The van der Waals surface area contributed by atoms with Crippen molar-refractivity contribution in [1.29, 1.82) is 0 Å². The molecule has 4 rings (SSSR count). The van der Waals surface area contributed by atoms with Gasteiger partial charge in [0.2, 0.25) is 0 Å². The minimum atomic E-state index is 0. The van der Waals surface area contributed by atoms with Crippen LogP contribution in [0.4, 0.5) is 0 Å². The van der Waals surface area contributed by atoms with Gasteiger partial charge in [0.15, 0.2) is 0 Å². The number of imidazole rings is 1. The Morgan fingerprint density at radius 1 is 0.963 bits per heavy atom. The van der Waals surface area contributed by atoms with Crippen molar-refractivity contribution in [1.82, 2.24) is 20.3 Å². The smallest absolute Gasteiger partial charge is 0.294 e. The average molecular weight is 368 g/mol. The molecule has 0 bridgehead atoms. The molecule has 0 spiro atoms. The van der Waals surface area contributed by atoms with E-state index in [4.69, 9.17) is 13.8 Å². The van der Waals surface area contributed by atoms with Crippen molar-refractivity contribution in [2.24, 2.45) is 0 Å². The van der Waals surface area contributed by atoms with Crippen LogP contribution in [0.15, 0.2) is 21.2 Å². The largest absolute Gasteiger partial charge is 0.465 e. The van der Waals surface area contributed by atoms with Crippen molar-refractivity contribution in [2.45, 2.75) is 42.0 Å². The zero-order valence-corrected chi connectivity index (χ0v) is 15.4. The third kappa shape index (κ3) is 2.99. The van der Waals surface area contributed by atoms with Gasteiger partial charge in [-0.2, -0.15) is 4.98 Å². The van der Waals surface area contributed by atoms with E-state index >= 15 is 0 Å². The van der Waals surface area contributed by atoms with Gasteiger partial charge in [0.05, 0.1) is 23.5 Å². The summed E-state index contributed by atoms with van der Waals surface area (Å²) in [6.45, 7) is 10.1. The van der Waals surface area contributed by atoms with E-state index in [-0.39, 0.29) is 7.43 Å². The lowest BCUT2D eigenvalue weighted by atomic mass is 9.96. The van der Waals surface area contributed by atoms with Gasteiger partial charge in [-0.1, -0.05) is 17.7 Å². The van der Waals surface area contributed by atoms with Gasteiger partial charge in [0.25, 0.3) is 6.01 Å². The Morgan fingerprint density at radius 2 is 1.59 bits per heavy atom. The maximum Gasteiger partial charge on any atom is 0.294 e. The summed E-state index contributed by atoms with van der Waals surface area (Å²) in [5, 5.41) is 8.17. The van der Waals surface area contributed by atoms with Crippen molar-refractivity contribution in [3.05, 3.63) is 35.0 Å². The number of aryl methyl sites for hydroxylation is 4. The lowest BCUT2D eigenvalue weighted by Gasteiger charge is -2.07. The zero-order valence-electron chi connectivity index (χ0n) is 15.4. The third-order valence-corrected chi connectivity index (χ3v) is 4.47. The van der Waals surface area contributed by atoms with E-state index in [9.17, 15) is 0 Å². The highest BCUT2D eigenvalue weighted by atomic mass is 16.5. The molecular weight excluding hydrogens is 344 g/mol. The topological polar surface area (TPSA) is 90.0 Å². The van der Waals surface area contributed by atoms with E-state index in [1.54, 1.807) is 0 Å². The van der Waals surface area contributed by atoms with Gasteiger partial charge < -0.3 is 18.8 Å². The maximum atomic E-state index is 5.57. The Hall–Kier alpha value is -3.09. The molecule has 0 unspecified atom stereocenters. The Balaban J connectivity index is 0.00000210. The summed E-state index contributed by atoms with van der Waals surface area (Å²) in [6.07, 6.45) is 0. The van der Waals surface area contributed by atoms with Crippen molar-refractivity contribution < 1.29 is 13.8 Å². The molecule has 4 aromatic rings. The van der Waals surface area contributed by atoms with E-state index in [2.05, 4.69) is 26.3 Å². The second kappa shape index (κ2) is 6.90. The molecule has 0 atom stereocenters. The number of H-pyrrole nitrogens is 1. The highest BCUT2D eigenvalue weighted by Crippen LogP contribution is 2.38. The second-order valence-corrected chi connectivity index (χ2v) is 6.29. The summed E-state index contributed by atoms with van der Waals surface area (Å²) in [7, 11) is 0. The maximum absolute atomic E-state index is 5.57. The van der Waals surface area contributed by atoms with Crippen molar-refractivity contribution in [2.75, 3.05) is 6.61 Å². The summed E-state index contributed by atoms with van der Waals surface area (Å²) < 4.78 is 16.3. The molecule has 1 aromatic carbocycles. The number of rotatable bonds is 4. The van der Waals surface area contributed by atoms with Crippen LogP contribution in [0, 0.1) is 27.7 Å². The van der Waals surface area contributed by atoms with Gasteiger partial charge in [0.1, 0.15) is 17.0 Å². The highest BCUT2D eigenvalue weighted by Gasteiger charge is 2.21. The SMILES string of the molecule is C.CCOc1nc2c(-c3c(C)noc3C)cc(-c3c(C)noc3C)cc2[nH]1. The number of hydrogen-bond donors (Lipinski definition) is 1. The molecule has 27 heavy (non-hydrogen) atoms. The molecule has 142 valence electrons. The number of benzene rings is 1. The highest BCUT2D eigenvalue weighted by molar-refractivity contribution is 5.97. The first-order valence-electron chi connectivity index (χ1n) is 8.52. The van der Waals surface area contributed by atoms with Crippen LogP contribution in [-0.4, -0.2) is 26.9 Å². The van der Waals surface area contributed by atoms with Crippen LogP contribution in [0.3, 0.4) is 0 Å². The quantitative estimate of drug-likeness (QED) is 0.536. The number of nitrogens with one attached hydrogen (secondary N) is 1. The van der Waals surface area contributed by atoms with Gasteiger partial charge in [-0.3, -0.25) is 0 Å². The molecular formula is C20H24N4O3. The van der Waals surface area contributed by atoms with Gasteiger partial charge in [-0.15, -0.1) is 0 Å². The predicted octanol–water partition coefficient (Wildman–Crippen LogP) is 5.14. The van der Waals surface area contributed by atoms with Crippen molar-refractivity contribution in [3.63, 3.8) is 0 Å². The van der Waals surface area contributed by atoms with Gasteiger partial charge in [-0.25, -0.2) is 0 Å². The molecule has 0 amide bonds. The first-order valence-corrected chi connectivity index (χ1v) is 8.52. The molecule has 3 heterocycles. The summed E-state index contributed by atoms with van der Waals surface area (Å²) in [4.78, 5) is 7.87. The molecule has 1 N–H and O–H groups in total. The molecule has 0 saturated heterocycles. The van der Waals surface area contributed by atoms with E-state index in [1.165, 1.54) is 0 Å². The van der Waals surface area contributed by atoms with Crippen LogP contribution < -0.4 is 4.74 Å². The monoisotopic (exact) mass is 368 g/mol. The van der Waals surface area contributed by atoms with Crippen molar-refractivity contribution >= 4 is 11.0 Å². The number of aromatic nitrogens is 4. The molecule has 0 saturated carbocycles. The Bertz CT molecular complexity index is 1070. The Kier molecular flexibility index (Phi) is 4.78. The number of nitrogens with zero attached hydrogens (tertiary/aromatic N) is 3. The molecule has 7 heteroatoms. The number of fused-ring (bicyclic) bond motifs is 1. The first kappa shape index (κ1) is 18.7. The normalized spacial score (nSPS) is 11.0. The van der Waals surface area contributed by atoms with Crippen LogP contribution in [-0.2, 0) is 0 Å². The molecule has 0 radical (unpaired) electrons. The minimum absolute atomic E-state index is 0. The van der Waals surface area contributed by atoms with E-state index in [0.717, 1.165) is 56.2 Å². The predicted molar refractivity (Wildman–Crippen MR) is 104 cm³/mol. The molecule has 7 nitrogen and oxygen atoms in total. The molecule has 3 aromatic heterocycles. The fraction of sp³-hybridized carbons (Fsp3) is 0.350. The van der Waals surface area contributed by atoms with Gasteiger partial charge >= 0.3 is 0 Å². The fourth-order valence-electron chi connectivity index (χ4n) is 3.40. The molecule has 0 fully saturated rings. The summed E-state index contributed by atoms with van der Waals surface area (Å²) in [5.74, 6) is 1.52. The average Bonchev–Trinajstić information content (AvgIpc) is 3.25. The summed E-state index contributed by atoms with van der Waals surface area (Å²) in [6, 6.07) is 4.61. The Labute approximate surface area is 157 Å². The lowest BCUT2D eigenvalue weighted by molar-refractivity contribution is 0.317. The lowest BCUT2D eigenvalue weighted by Crippen LogP contribution is -1.92. The number of hydrogen-bond acceptors (Lipinski definition) is 6. The first-order chi connectivity index (χ1) is 12.5. The molecule has 0 aliphatic heterocycles. The van der Waals surface area contributed by atoms with E-state index in [0.29, 0.717) is 12.6 Å². The number of ether oxygens (including phenoxy) is 1.